The molecule has 4 N–H and O–H groups in total. The van der Waals surface area contributed by atoms with Gasteiger partial charge < -0.3 is 15.1 Å². The highest BCUT2D eigenvalue weighted by Crippen LogP contribution is 2.32. The molecule has 1 fully saturated rings. The monoisotopic (exact) mass is 296 g/mol. The lowest BCUT2D eigenvalue weighted by molar-refractivity contribution is -0.121. The molecule has 1 aliphatic heterocycles. The van der Waals surface area contributed by atoms with Crippen LogP contribution in [0.2, 0.25) is 0 Å². The first-order chi connectivity index (χ1) is 8.47. The minimum atomic E-state index is -3.99. The molecule has 1 heterocycles. The summed E-state index contributed by atoms with van der Waals surface area (Å²) in [6, 6.07) is 0. The van der Waals surface area contributed by atoms with Gasteiger partial charge in [-0.3, -0.25) is 14.1 Å². The van der Waals surface area contributed by atoms with E-state index in [-0.39, 0.29) is 18.6 Å². The number of hydrogen-bond donors (Lipinski definition) is 4. The number of rotatable bonds is 8. The molecule has 8 heteroatoms. The van der Waals surface area contributed by atoms with Crippen molar-refractivity contribution >= 4 is 25.5 Å². The molecule has 1 rings (SSSR count). The van der Waals surface area contributed by atoms with Crippen molar-refractivity contribution in [2.24, 2.45) is 0 Å². The molecule has 0 aromatic heterocycles. The van der Waals surface area contributed by atoms with Gasteiger partial charge in [-0.25, -0.2) is 0 Å². The van der Waals surface area contributed by atoms with Gasteiger partial charge in [0.25, 0.3) is 0 Å². The van der Waals surface area contributed by atoms with E-state index >= 15 is 0 Å². The minimum Gasteiger partial charge on any atom is -0.355 e. The van der Waals surface area contributed by atoms with E-state index in [1.807, 2.05) is 0 Å². The summed E-state index contributed by atoms with van der Waals surface area (Å²) in [7, 11) is -3.99. The topological polar surface area (TPSA) is 98.7 Å². The number of unbranched alkanes of at least 4 members (excludes halogenated alkanes) is 1. The molecule has 0 spiro atoms. The Balaban J connectivity index is 1.94. The van der Waals surface area contributed by atoms with E-state index in [1.165, 1.54) is 6.42 Å². The molecule has 0 bridgehead atoms. The van der Waals surface area contributed by atoms with E-state index in [1.54, 1.807) is 11.9 Å². The van der Waals surface area contributed by atoms with Gasteiger partial charge >= 0.3 is 7.60 Å². The van der Waals surface area contributed by atoms with Crippen molar-refractivity contribution in [1.82, 2.24) is 10.0 Å². The zero-order chi connectivity index (χ0) is 13.4. The average molecular weight is 296 g/mol. The van der Waals surface area contributed by atoms with Crippen molar-refractivity contribution in [3.05, 3.63) is 0 Å². The third-order valence-electron chi connectivity index (χ3n) is 2.72. The molecular weight excluding hydrogens is 275 g/mol. The van der Waals surface area contributed by atoms with Crippen LogP contribution >= 0.6 is 19.5 Å². The zero-order valence-corrected chi connectivity index (χ0v) is 12.0. The van der Waals surface area contributed by atoms with Crippen LogP contribution in [-0.2, 0) is 9.36 Å². The Morgan fingerprint density at radius 2 is 2.22 bits per heavy atom. The summed E-state index contributed by atoms with van der Waals surface area (Å²) in [4.78, 5) is 28.6. The van der Waals surface area contributed by atoms with E-state index in [4.69, 9.17) is 9.79 Å². The highest BCUT2D eigenvalue weighted by atomic mass is 32.2. The maximum absolute atomic E-state index is 11.3. The Labute approximate surface area is 112 Å². The number of amides is 1. The largest absolute Gasteiger partial charge is 0.355 e. The number of carbonyl (C=O) groups is 1. The minimum absolute atomic E-state index is 0.0471. The third kappa shape index (κ3) is 8.11. The highest BCUT2D eigenvalue weighted by molar-refractivity contribution is 7.98. The number of carbonyl (C=O) groups excluding carboxylic acids is 1. The third-order valence-corrected chi connectivity index (χ3v) is 4.71. The van der Waals surface area contributed by atoms with Gasteiger partial charge in [0.05, 0.1) is 6.16 Å². The quantitative estimate of drug-likeness (QED) is 0.301. The van der Waals surface area contributed by atoms with Gasteiger partial charge in [-0.2, -0.15) is 0 Å². The molecule has 0 saturated carbocycles. The second-order valence-electron chi connectivity index (χ2n) is 4.41. The van der Waals surface area contributed by atoms with Crippen LogP contribution < -0.4 is 10.0 Å². The molecule has 0 radical (unpaired) electrons. The Morgan fingerprint density at radius 3 is 2.83 bits per heavy atom. The molecule has 0 aromatic carbocycles. The second-order valence-corrected chi connectivity index (χ2v) is 7.37. The molecule has 6 nitrogen and oxygen atoms in total. The number of hydrogen-bond acceptors (Lipinski definition) is 4. The Morgan fingerprint density at radius 1 is 1.44 bits per heavy atom. The maximum atomic E-state index is 11.3. The predicted octanol–water partition coefficient (Wildman–Crippen LogP) is 0.851. The van der Waals surface area contributed by atoms with Crippen molar-refractivity contribution in [1.29, 1.82) is 0 Å². The molecule has 106 valence electrons. The Hall–Kier alpha value is -0.0700. The van der Waals surface area contributed by atoms with Crippen LogP contribution in [-0.4, -0.2) is 40.2 Å². The SMILES string of the molecule is O=C(CCCCC1CCNS1)NCCP(=O)(O)O. The molecule has 1 unspecified atom stereocenters. The van der Waals surface area contributed by atoms with E-state index < -0.39 is 7.60 Å². The first kappa shape index (κ1) is 16.0. The van der Waals surface area contributed by atoms with E-state index in [2.05, 4.69) is 10.0 Å². The van der Waals surface area contributed by atoms with Crippen LogP contribution in [0.1, 0.15) is 32.1 Å². The van der Waals surface area contributed by atoms with Crippen LogP contribution in [0.15, 0.2) is 0 Å². The molecule has 1 atom stereocenters. The summed E-state index contributed by atoms with van der Waals surface area (Å²) in [5.74, 6) is -0.124. The van der Waals surface area contributed by atoms with Gasteiger partial charge in [0.1, 0.15) is 0 Å². The van der Waals surface area contributed by atoms with Crippen molar-refractivity contribution in [3.8, 4) is 0 Å². The van der Waals surface area contributed by atoms with Gasteiger partial charge in [-0.05, 0) is 19.3 Å². The van der Waals surface area contributed by atoms with Crippen molar-refractivity contribution in [3.63, 3.8) is 0 Å². The number of nitrogens with one attached hydrogen (secondary N) is 2. The van der Waals surface area contributed by atoms with Crippen LogP contribution in [0.5, 0.6) is 0 Å². The molecule has 18 heavy (non-hydrogen) atoms. The fourth-order valence-corrected chi connectivity index (χ4v) is 3.14. The van der Waals surface area contributed by atoms with E-state index in [9.17, 15) is 9.36 Å². The van der Waals surface area contributed by atoms with Gasteiger partial charge in [-0.15, -0.1) is 0 Å². The van der Waals surface area contributed by atoms with Crippen molar-refractivity contribution < 1.29 is 19.1 Å². The van der Waals surface area contributed by atoms with Crippen LogP contribution in [0.25, 0.3) is 0 Å². The molecule has 1 saturated heterocycles. The highest BCUT2D eigenvalue weighted by Gasteiger charge is 2.15. The molecule has 1 amide bonds. The van der Waals surface area contributed by atoms with E-state index in [0.717, 1.165) is 25.8 Å². The normalized spacial score (nSPS) is 20.0. The summed E-state index contributed by atoms with van der Waals surface area (Å²) in [6.45, 7) is 1.11. The molecule has 0 aromatic rings. The van der Waals surface area contributed by atoms with Crippen molar-refractivity contribution in [2.45, 2.75) is 37.4 Å². The standard InChI is InChI=1S/C10H21N2O4PS/c13-10(11-7-8-17(14,15)16)4-2-1-3-9-5-6-12-18-9/h9,12H,1-8H2,(H,11,13)(H2,14,15,16). The van der Waals surface area contributed by atoms with Crippen LogP contribution in [0.4, 0.5) is 0 Å². The van der Waals surface area contributed by atoms with Gasteiger partial charge in [0.15, 0.2) is 0 Å². The summed E-state index contributed by atoms with van der Waals surface area (Å²) in [6.07, 6.45) is 4.31. The first-order valence-electron chi connectivity index (χ1n) is 6.17. The van der Waals surface area contributed by atoms with Crippen LogP contribution in [0, 0.1) is 0 Å². The smallest absolute Gasteiger partial charge is 0.327 e. The fourth-order valence-electron chi connectivity index (χ4n) is 1.75. The second kappa shape index (κ2) is 8.17. The van der Waals surface area contributed by atoms with Gasteiger partial charge in [0, 0.05) is 24.8 Å². The Bertz CT molecular complexity index is 304. The lowest BCUT2D eigenvalue weighted by atomic mass is 10.1. The Kier molecular flexibility index (Phi) is 7.26. The van der Waals surface area contributed by atoms with Gasteiger partial charge in [-0.1, -0.05) is 18.4 Å². The first-order valence-corrected chi connectivity index (χ1v) is 8.85. The average Bonchev–Trinajstić information content (AvgIpc) is 2.75. The molecular formula is C10H21N2O4PS. The van der Waals surface area contributed by atoms with Crippen LogP contribution in [0.3, 0.4) is 0 Å². The van der Waals surface area contributed by atoms with E-state index in [0.29, 0.717) is 11.7 Å². The maximum Gasteiger partial charge on any atom is 0.327 e. The lowest BCUT2D eigenvalue weighted by Gasteiger charge is -2.08. The summed E-state index contributed by atoms with van der Waals surface area (Å²) in [5, 5.41) is 3.19. The van der Waals surface area contributed by atoms with Crippen molar-refractivity contribution in [2.75, 3.05) is 19.3 Å². The fraction of sp³-hybridized carbons (Fsp3) is 0.900. The molecule has 1 aliphatic rings. The summed E-state index contributed by atoms with van der Waals surface area (Å²) >= 11 is 1.78. The lowest BCUT2D eigenvalue weighted by Crippen LogP contribution is -2.26. The molecule has 0 aliphatic carbocycles. The van der Waals surface area contributed by atoms with Gasteiger partial charge in [0.2, 0.25) is 5.91 Å². The predicted molar refractivity (Wildman–Crippen MR) is 72.4 cm³/mol. The zero-order valence-electron chi connectivity index (χ0n) is 10.3. The summed E-state index contributed by atoms with van der Waals surface area (Å²) in [5.41, 5.74) is 0. The summed E-state index contributed by atoms with van der Waals surface area (Å²) < 4.78 is 13.8.